The average Bonchev–Trinajstić information content (AvgIpc) is 2.42. The minimum absolute atomic E-state index is 0.190. The Bertz CT molecular complexity index is 256. The molecule has 2 N–H and O–H groups in total. The van der Waals surface area contributed by atoms with E-state index in [1.54, 1.807) is 13.8 Å². The Hall–Kier alpha value is -0.650. The van der Waals surface area contributed by atoms with Crippen LogP contribution in [0.1, 0.15) is 27.2 Å². The van der Waals surface area contributed by atoms with Gasteiger partial charge in [-0.15, -0.1) is 0 Å². The maximum Gasteiger partial charge on any atom is 0.327 e. The van der Waals surface area contributed by atoms with Crippen LogP contribution in [0.3, 0.4) is 0 Å². The van der Waals surface area contributed by atoms with E-state index in [2.05, 4.69) is 4.90 Å². The van der Waals surface area contributed by atoms with Crippen LogP contribution in [0.2, 0.25) is 0 Å². The summed E-state index contributed by atoms with van der Waals surface area (Å²) in [5, 5.41) is 0. The van der Waals surface area contributed by atoms with E-state index < -0.39 is 5.54 Å². The molecule has 0 aromatic heterocycles. The molecule has 1 rings (SSSR count). The van der Waals surface area contributed by atoms with Crippen LogP contribution in [0.5, 0.6) is 0 Å². The Labute approximate surface area is 103 Å². The first-order chi connectivity index (χ1) is 7.95. The fraction of sp³-hybridized carbons (Fsp3) is 0.917. The SMILES string of the molecule is CCOC(=O)C(C)(N)CN1CCCOC(C)C1. The molecule has 1 saturated heterocycles. The molecule has 0 aromatic carbocycles. The zero-order valence-corrected chi connectivity index (χ0v) is 11.1. The van der Waals surface area contributed by atoms with Crippen LogP contribution < -0.4 is 5.73 Å². The molecule has 1 fully saturated rings. The average molecular weight is 244 g/mol. The van der Waals surface area contributed by atoms with Crippen molar-refractivity contribution in [3.05, 3.63) is 0 Å². The molecule has 1 heterocycles. The summed E-state index contributed by atoms with van der Waals surface area (Å²) in [5.41, 5.74) is 5.07. The lowest BCUT2D eigenvalue weighted by atomic mass is 10.0. The molecule has 17 heavy (non-hydrogen) atoms. The molecule has 2 unspecified atom stereocenters. The number of carbonyl (C=O) groups excluding carboxylic acids is 1. The van der Waals surface area contributed by atoms with E-state index in [-0.39, 0.29) is 12.1 Å². The molecule has 0 radical (unpaired) electrons. The van der Waals surface area contributed by atoms with Crippen molar-refractivity contribution in [1.29, 1.82) is 0 Å². The second-order valence-corrected chi connectivity index (χ2v) is 4.91. The van der Waals surface area contributed by atoms with E-state index in [0.29, 0.717) is 13.2 Å². The van der Waals surface area contributed by atoms with Crippen LogP contribution in [0.15, 0.2) is 0 Å². The highest BCUT2D eigenvalue weighted by molar-refractivity contribution is 5.80. The molecule has 1 aliphatic rings. The number of nitrogens with two attached hydrogens (primary N) is 1. The number of esters is 1. The van der Waals surface area contributed by atoms with Crippen LogP contribution in [0.4, 0.5) is 0 Å². The molecule has 0 bridgehead atoms. The highest BCUT2D eigenvalue weighted by Gasteiger charge is 2.33. The molecule has 0 aromatic rings. The van der Waals surface area contributed by atoms with Gasteiger partial charge in [-0.05, 0) is 27.2 Å². The lowest BCUT2D eigenvalue weighted by Gasteiger charge is -2.30. The van der Waals surface area contributed by atoms with E-state index in [9.17, 15) is 4.79 Å². The Kier molecular flexibility index (Phi) is 5.36. The first kappa shape index (κ1) is 14.4. The minimum atomic E-state index is -0.944. The maximum absolute atomic E-state index is 11.7. The van der Waals surface area contributed by atoms with Crippen LogP contribution in [0.25, 0.3) is 0 Å². The topological polar surface area (TPSA) is 64.8 Å². The van der Waals surface area contributed by atoms with Gasteiger partial charge in [0.1, 0.15) is 5.54 Å². The first-order valence-electron chi connectivity index (χ1n) is 6.25. The molecule has 0 aliphatic carbocycles. The standard InChI is InChI=1S/C12H24N2O3/c1-4-16-11(15)12(3,13)9-14-6-5-7-17-10(2)8-14/h10H,4-9,13H2,1-3H3. The Morgan fingerprint density at radius 2 is 2.35 bits per heavy atom. The lowest BCUT2D eigenvalue weighted by molar-refractivity contribution is -0.149. The van der Waals surface area contributed by atoms with Gasteiger partial charge in [0.05, 0.1) is 12.7 Å². The smallest absolute Gasteiger partial charge is 0.327 e. The van der Waals surface area contributed by atoms with Gasteiger partial charge in [-0.25, -0.2) is 0 Å². The quantitative estimate of drug-likeness (QED) is 0.724. The molecule has 100 valence electrons. The van der Waals surface area contributed by atoms with Crippen molar-refractivity contribution in [1.82, 2.24) is 4.90 Å². The van der Waals surface area contributed by atoms with E-state index in [4.69, 9.17) is 15.2 Å². The van der Waals surface area contributed by atoms with Gasteiger partial charge in [0, 0.05) is 26.2 Å². The van der Waals surface area contributed by atoms with Crippen LogP contribution in [-0.4, -0.2) is 55.4 Å². The van der Waals surface area contributed by atoms with Gasteiger partial charge in [-0.2, -0.15) is 0 Å². The molecule has 5 heteroatoms. The normalized spacial score (nSPS) is 26.0. The van der Waals surface area contributed by atoms with Gasteiger partial charge >= 0.3 is 5.97 Å². The number of ether oxygens (including phenoxy) is 2. The molecule has 1 aliphatic heterocycles. The van der Waals surface area contributed by atoms with Crippen molar-refractivity contribution < 1.29 is 14.3 Å². The fourth-order valence-electron chi connectivity index (χ4n) is 2.05. The van der Waals surface area contributed by atoms with Crippen molar-refractivity contribution >= 4 is 5.97 Å². The van der Waals surface area contributed by atoms with Gasteiger partial charge in [0.2, 0.25) is 0 Å². The summed E-state index contributed by atoms with van der Waals surface area (Å²) in [4.78, 5) is 13.9. The number of hydrogen-bond acceptors (Lipinski definition) is 5. The number of nitrogens with zero attached hydrogens (tertiary/aromatic N) is 1. The molecule has 0 amide bonds. The summed E-state index contributed by atoms with van der Waals surface area (Å²) in [6.07, 6.45) is 1.17. The second kappa shape index (κ2) is 6.33. The number of carbonyl (C=O) groups is 1. The summed E-state index contributed by atoms with van der Waals surface area (Å²) in [5.74, 6) is -0.335. The van der Waals surface area contributed by atoms with Crippen molar-refractivity contribution in [3.8, 4) is 0 Å². The van der Waals surface area contributed by atoms with E-state index in [1.165, 1.54) is 0 Å². The monoisotopic (exact) mass is 244 g/mol. The van der Waals surface area contributed by atoms with Crippen molar-refractivity contribution in [2.45, 2.75) is 38.8 Å². The maximum atomic E-state index is 11.7. The van der Waals surface area contributed by atoms with E-state index >= 15 is 0 Å². The zero-order chi connectivity index (χ0) is 12.9. The molecular formula is C12H24N2O3. The van der Waals surface area contributed by atoms with Gasteiger partial charge < -0.3 is 15.2 Å². The summed E-state index contributed by atoms with van der Waals surface area (Å²) in [7, 11) is 0. The molecule has 2 atom stereocenters. The van der Waals surface area contributed by atoms with Crippen molar-refractivity contribution in [2.24, 2.45) is 5.73 Å². The third-order valence-electron chi connectivity index (χ3n) is 2.83. The van der Waals surface area contributed by atoms with E-state index in [1.807, 2.05) is 6.92 Å². The summed E-state index contributed by atoms with van der Waals surface area (Å²) >= 11 is 0. The Morgan fingerprint density at radius 3 is 3.00 bits per heavy atom. The number of rotatable bonds is 4. The first-order valence-corrected chi connectivity index (χ1v) is 6.25. The third-order valence-corrected chi connectivity index (χ3v) is 2.83. The largest absolute Gasteiger partial charge is 0.465 e. The summed E-state index contributed by atoms with van der Waals surface area (Å²) < 4.78 is 10.5. The van der Waals surface area contributed by atoms with E-state index in [0.717, 1.165) is 26.1 Å². The Morgan fingerprint density at radius 1 is 1.65 bits per heavy atom. The predicted octanol–water partition coefficient (Wildman–Crippen LogP) is 0.378. The van der Waals surface area contributed by atoms with Crippen LogP contribution >= 0.6 is 0 Å². The molecule has 5 nitrogen and oxygen atoms in total. The minimum Gasteiger partial charge on any atom is -0.465 e. The highest BCUT2D eigenvalue weighted by Crippen LogP contribution is 2.11. The number of hydrogen-bond donors (Lipinski definition) is 1. The summed E-state index contributed by atoms with van der Waals surface area (Å²) in [6.45, 7) is 8.93. The van der Waals surface area contributed by atoms with Gasteiger partial charge in [-0.1, -0.05) is 0 Å². The second-order valence-electron chi connectivity index (χ2n) is 4.91. The lowest BCUT2D eigenvalue weighted by Crippen LogP contribution is -2.55. The highest BCUT2D eigenvalue weighted by atomic mass is 16.5. The van der Waals surface area contributed by atoms with Crippen LogP contribution in [0, 0.1) is 0 Å². The molecule has 0 saturated carbocycles. The van der Waals surface area contributed by atoms with Gasteiger partial charge in [0.25, 0.3) is 0 Å². The fourth-order valence-corrected chi connectivity index (χ4v) is 2.05. The van der Waals surface area contributed by atoms with Gasteiger partial charge in [-0.3, -0.25) is 9.69 Å². The molecular weight excluding hydrogens is 220 g/mol. The predicted molar refractivity (Wildman–Crippen MR) is 65.7 cm³/mol. The molecule has 0 spiro atoms. The zero-order valence-electron chi connectivity index (χ0n) is 11.1. The third kappa shape index (κ3) is 4.61. The summed E-state index contributed by atoms with van der Waals surface area (Å²) in [6, 6.07) is 0. The Balaban J connectivity index is 2.52. The van der Waals surface area contributed by atoms with Gasteiger partial charge in [0.15, 0.2) is 0 Å². The van der Waals surface area contributed by atoms with Crippen molar-refractivity contribution in [3.63, 3.8) is 0 Å². The van der Waals surface area contributed by atoms with Crippen molar-refractivity contribution in [2.75, 3.05) is 32.8 Å². The van der Waals surface area contributed by atoms with Crippen LogP contribution in [-0.2, 0) is 14.3 Å².